The Morgan fingerprint density at radius 3 is 2.65 bits per heavy atom. The van der Waals surface area contributed by atoms with E-state index in [-0.39, 0.29) is 24.0 Å². The Bertz CT molecular complexity index is 524. The second-order valence-corrected chi connectivity index (χ2v) is 8.47. The molecule has 0 amide bonds. The predicted octanol–water partition coefficient (Wildman–Crippen LogP) is 3.88. The van der Waals surface area contributed by atoms with Gasteiger partial charge in [0, 0.05) is 31.6 Å². The number of hydrogen-bond donors (Lipinski definition) is 2. The number of halogens is 1. The molecule has 7 heteroatoms. The van der Waals surface area contributed by atoms with Crippen LogP contribution in [0.2, 0.25) is 0 Å². The molecule has 0 bridgehead atoms. The molecule has 2 heterocycles. The van der Waals surface area contributed by atoms with Crippen LogP contribution in [0.15, 0.2) is 10.4 Å². The summed E-state index contributed by atoms with van der Waals surface area (Å²) < 4.78 is 0. The average Bonchev–Trinajstić information content (AvgIpc) is 2.98. The Hall–Kier alpha value is -0.410. The zero-order valence-corrected chi connectivity index (χ0v) is 19.9. The van der Waals surface area contributed by atoms with Gasteiger partial charge < -0.3 is 10.6 Å². The number of likely N-dealkylation sites (tertiary alicyclic amines) is 1. The van der Waals surface area contributed by atoms with E-state index in [1.807, 2.05) is 0 Å². The standard InChI is InChI=1S/C19H35N5S.HI/c1-5-20-19(21-9-6-15(2)3)22-12-17-7-10-24(11-8-17)13-18-14-25-16(4)23-18;/h14-15,17H,5-13H2,1-4H3,(H2,20,21,22);1H. The van der Waals surface area contributed by atoms with Crippen molar-refractivity contribution in [3.63, 3.8) is 0 Å². The van der Waals surface area contributed by atoms with Crippen molar-refractivity contribution < 1.29 is 0 Å². The Kier molecular flexibility index (Phi) is 11.7. The van der Waals surface area contributed by atoms with Gasteiger partial charge in [0.2, 0.25) is 0 Å². The number of thiazole rings is 1. The third-order valence-electron chi connectivity index (χ3n) is 4.63. The van der Waals surface area contributed by atoms with Gasteiger partial charge >= 0.3 is 0 Å². The molecule has 2 N–H and O–H groups in total. The molecule has 26 heavy (non-hydrogen) atoms. The molecule has 1 fully saturated rings. The molecule has 150 valence electrons. The van der Waals surface area contributed by atoms with E-state index in [1.165, 1.54) is 30.0 Å². The van der Waals surface area contributed by atoms with Gasteiger partial charge in [-0.2, -0.15) is 0 Å². The summed E-state index contributed by atoms with van der Waals surface area (Å²) in [6.45, 7) is 14.9. The minimum atomic E-state index is 0. The van der Waals surface area contributed by atoms with Gasteiger partial charge in [-0.25, -0.2) is 4.98 Å². The molecule has 5 nitrogen and oxygen atoms in total. The summed E-state index contributed by atoms with van der Waals surface area (Å²) in [5.41, 5.74) is 1.22. The third-order valence-corrected chi connectivity index (χ3v) is 5.45. The topological polar surface area (TPSA) is 52.6 Å². The van der Waals surface area contributed by atoms with E-state index in [1.54, 1.807) is 11.3 Å². The summed E-state index contributed by atoms with van der Waals surface area (Å²) in [6.07, 6.45) is 3.65. The van der Waals surface area contributed by atoms with Crippen LogP contribution >= 0.6 is 35.3 Å². The molecular formula is C19H36IN5S. The van der Waals surface area contributed by atoms with Gasteiger partial charge in [0.25, 0.3) is 0 Å². The first-order valence-corrected chi connectivity index (χ1v) is 10.6. The van der Waals surface area contributed by atoms with Gasteiger partial charge in [-0.1, -0.05) is 13.8 Å². The summed E-state index contributed by atoms with van der Waals surface area (Å²) in [7, 11) is 0. The quantitative estimate of drug-likeness (QED) is 0.328. The molecule has 1 saturated heterocycles. The van der Waals surface area contributed by atoms with Gasteiger partial charge in [-0.15, -0.1) is 35.3 Å². The Labute approximate surface area is 180 Å². The molecule has 0 atom stereocenters. The first-order chi connectivity index (χ1) is 12.1. The van der Waals surface area contributed by atoms with Gasteiger partial charge in [-0.3, -0.25) is 9.89 Å². The fraction of sp³-hybridized carbons (Fsp3) is 0.789. The van der Waals surface area contributed by atoms with E-state index in [2.05, 4.69) is 53.6 Å². The normalized spacial score (nSPS) is 16.6. The van der Waals surface area contributed by atoms with Crippen molar-refractivity contribution in [3.05, 3.63) is 16.1 Å². The molecule has 0 aromatic carbocycles. The molecule has 1 aliphatic rings. The number of aromatic nitrogens is 1. The Morgan fingerprint density at radius 2 is 2.08 bits per heavy atom. The van der Waals surface area contributed by atoms with E-state index < -0.39 is 0 Å². The fourth-order valence-corrected chi connectivity index (χ4v) is 3.68. The van der Waals surface area contributed by atoms with Gasteiger partial charge in [0.15, 0.2) is 5.96 Å². The number of aryl methyl sites for hydroxylation is 1. The van der Waals surface area contributed by atoms with Gasteiger partial charge in [0.1, 0.15) is 0 Å². The van der Waals surface area contributed by atoms with Crippen LogP contribution in [0.25, 0.3) is 0 Å². The third kappa shape index (κ3) is 8.99. The maximum Gasteiger partial charge on any atom is 0.191 e. The van der Waals surface area contributed by atoms with Crippen LogP contribution in [0, 0.1) is 18.8 Å². The van der Waals surface area contributed by atoms with Crippen molar-refractivity contribution in [3.8, 4) is 0 Å². The molecule has 2 rings (SSSR count). The minimum absolute atomic E-state index is 0. The summed E-state index contributed by atoms with van der Waals surface area (Å²) in [5.74, 6) is 2.40. The van der Waals surface area contributed by atoms with Crippen molar-refractivity contribution in [1.29, 1.82) is 0 Å². The molecular weight excluding hydrogens is 457 g/mol. The highest BCUT2D eigenvalue weighted by Gasteiger charge is 2.19. The van der Waals surface area contributed by atoms with Gasteiger partial charge in [0.05, 0.1) is 10.7 Å². The zero-order valence-electron chi connectivity index (χ0n) is 16.8. The highest BCUT2D eigenvalue weighted by molar-refractivity contribution is 14.0. The molecule has 1 aromatic heterocycles. The molecule has 1 aromatic rings. The van der Waals surface area contributed by atoms with Crippen LogP contribution in [0.3, 0.4) is 0 Å². The first kappa shape index (κ1) is 23.6. The lowest BCUT2D eigenvalue weighted by atomic mass is 9.97. The lowest BCUT2D eigenvalue weighted by molar-refractivity contribution is 0.179. The number of rotatable bonds is 8. The number of piperidine rings is 1. The van der Waals surface area contributed by atoms with Crippen LogP contribution in [0.1, 0.15) is 50.7 Å². The molecule has 0 unspecified atom stereocenters. The second kappa shape index (κ2) is 12.9. The average molecular weight is 494 g/mol. The number of nitrogens with zero attached hydrogens (tertiary/aromatic N) is 3. The predicted molar refractivity (Wildman–Crippen MR) is 124 cm³/mol. The Morgan fingerprint density at radius 1 is 1.35 bits per heavy atom. The lowest BCUT2D eigenvalue weighted by Crippen LogP contribution is -2.39. The SMILES string of the molecule is CCNC(=NCC1CCN(Cc2csc(C)n2)CC1)NCCC(C)C.I. The van der Waals surface area contributed by atoms with Crippen molar-refractivity contribution in [2.24, 2.45) is 16.8 Å². The first-order valence-electron chi connectivity index (χ1n) is 9.72. The van der Waals surface area contributed by atoms with E-state index in [0.717, 1.165) is 51.1 Å². The van der Waals surface area contributed by atoms with Crippen LogP contribution in [0.4, 0.5) is 0 Å². The lowest BCUT2D eigenvalue weighted by Gasteiger charge is -2.30. The maximum absolute atomic E-state index is 4.81. The van der Waals surface area contributed by atoms with Crippen molar-refractivity contribution in [2.45, 2.75) is 53.5 Å². The van der Waals surface area contributed by atoms with Crippen molar-refractivity contribution in [2.75, 3.05) is 32.7 Å². The summed E-state index contributed by atoms with van der Waals surface area (Å²) in [6, 6.07) is 0. The minimum Gasteiger partial charge on any atom is -0.357 e. The fourth-order valence-electron chi connectivity index (χ4n) is 3.08. The number of hydrogen-bond acceptors (Lipinski definition) is 4. The van der Waals surface area contributed by atoms with Crippen LogP contribution in [0.5, 0.6) is 0 Å². The highest BCUT2D eigenvalue weighted by Crippen LogP contribution is 2.20. The van der Waals surface area contributed by atoms with Crippen LogP contribution in [-0.2, 0) is 6.54 Å². The smallest absolute Gasteiger partial charge is 0.191 e. The number of guanidine groups is 1. The Balaban J connectivity index is 0.00000338. The summed E-state index contributed by atoms with van der Waals surface area (Å²) >= 11 is 1.75. The largest absolute Gasteiger partial charge is 0.357 e. The van der Waals surface area contributed by atoms with E-state index in [4.69, 9.17) is 4.99 Å². The maximum atomic E-state index is 4.81. The van der Waals surface area contributed by atoms with Crippen molar-refractivity contribution in [1.82, 2.24) is 20.5 Å². The molecule has 0 radical (unpaired) electrons. The summed E-state index contributed by atoms with van der Waals surface area (Å²) in [5, 5.41) is 10.2. The highest BCUT2D eigenvalue weighted by atomic mass is 127. The zero-order chi connectivity index (χ0) is 18.1. The number of aliphatic imine (C=N–C) groups is 1. The molecule has 0 aliphatic carbocycles. The van der Waals surface area contributed by atoms with E-state index >= 15 is 0 Å². The second-order valence-electron chi connectivity index (χ2n) is 7.41. The monoisotopic (exact) mass is 493 g/mol. The van der Waals surface area contributed by atoms with Crippen LogP contribution < -0.4 is 10.6 Å². The van der Waals surface area contributed by atoms with Crippen LogP contribution in [-0.4, -0.2) is 48.6 Å². The summed E-state index contributed by atoms with van der Waals surface area (Å²) in [4.78, 5) is 11.9. The van der Waals surface area contributed by atoms with Crippen molar-refractivity contribution >= 4 is 41.3 Å². The number of nitrogens with one attached hydrogen (secondary N) is 2. The van der Waals surface area contributed by atoms with E-state index in [9.17, 15) is 0 Å². The molecule has 1 aliphatic heterocycles. The molecule has 0 spiro atoms. The van der Waals surface area contributed by atoms with Gasteiger partial charge in [-0.05, 0) is 58.0 Å². The van der Waals surface area contributed by atoms with E-state index in [0.29, 0.717) is 5.92 Å². The molecule has 0 saturated carbocycles.